The average Bonchev–Trinajstić information content (AvgIpc) is 2.84. The van der Waals surface area contributed by atoms with Crippen LogP contribution in [0.25, 0.3) is 11.3 Å². The number of hydrogen-bond donors (Lipinski definition) is 0. The first-order chi connectivity index (χ1) is 15.8. The van der Waals surface area contributed by atoms with Crippen LogP contribution in [0.3, 0.4) is 0 Å². The van der Waals surface area contributed by atoms with Gasteiger partial charge in [-0.1, -0.05) is 78.1 Å². The second-order valence-corrected chi connectivity index (χ2v) is 9.75. The highest BCUT2D eigenvalue weighted by molar-refractivity contribution is 5.58. The van der Waals surface area contributed by atoms with Gasteiger partial charge >= 0.3 is 0 Å². The van der Waals surface area contributed by atoms with Crippen molar-refractivity contribution in [3.8, 4) is 17.0 Å². The Labute approximate surface area is 196 Å². The molecule has 1 aromatic carbocycles. The van der Waals surface area contributed by atoms with Gasteiger partial charge in [0.05, 0.1) is 24.2 Å². The SMILES string of the molecule is CCCCCCCc1cnc(-c2ccc(OCCC[C@H]3CC[C@H](CCC)CC3)cc2)cn1. The molecule has 0 unspecified atom stereocenters. The van der Waals surface area contributed by atoms with E-state index in [0.717, 1.165) is 54.0 Å². The predicted octanol–water partition coefficient (Wildman–Crippen LogP) is 8.42. The third-order valence-electron chi connectivity index (χ3n) is 7.08. The fraction of sp³-hybridized carbons (Fsp3) is 0.655. The predicted molar refractivity (Wildman–Crippen MR) is 135 cm³/mol. The Kier molecular flexibility index (Phi) is 11.0. The first kappa shape index (κ1) is 24.7. The molecule has 1 aliphatic rings. The van der Waals surface area contributed by atoms with Crippen LogP contribution in [0.5, 0.6) is 5.75 Å². The van der Waals surface area contributed by atoms with Crippen LogP contribution in [-0.4, -0.2) is 16.6 Å². The van der Waals surface area contributed by atoms with E-state index >= 15 is 0 Å². The Balaban J connectivity index is 1.34. The number of hydrogen-bond acceptors (Lipinski definition) is 3. The van der Waals surface area contributed by atoms with Crippen LogP contribution in [0.15, 0.2) is 36.7 Å². The zero-order valence-corrected chi connectivity index (χ0v) is 20.5. The third kappa shape index (κ3) is 8.56. The molecular formula is C29H44N2O. The fourth-order valence-corrected chi connectivity index (χ4v) is 5.04. The molecule has 2 aromatic rings. The molecule has 3 rings (SSSR count). The monoisotopic (exact) mass is 436 g/mol. The summed E-state index contributed by atoms with van der Waals surface area (Å²) in [6.07, 6.45) is 22.3. The molecule has 0 N–H and O–H groups in total. The van der Waals surface area contributed by atoms with Crippen LogP contribution in [0.2, 0.25) is 0 Å². The highest BCUT2D eigenvalue weighted by atomic mass is 16.5. The summed E-state index contributed by atoms with van der Waals surface area (Å²) in [6, 6.07) is 8.32. The molecule has 0 radical (unpaired) electrons. The molecule has 0 aliphatic heterocycles. The highest BCUT2D eigenvalue weighted by Crippen LogP contribution is 2.33. The summed E-state index contributed by atoms with van der Waals surface area (Å²) in [6.45, 7) is 5.39. The lowest BCUT2D eigenvalue weighted by atomic mass is 9.78. The smallest absolute Gasteiger partial charge is 0.119 e. The van der Waals surface area contributed by atoms with Crippen LogP contribution >= 0.6 is 0 Å². The summed E-state index contributed by atoms with van der Waals surface area (Å²) < 4.78 is 6.00. The molecule has 0 amide bonds. The zero-order chi connectivity index (χ0) is 22.4. The number of ether oxygens (including phenoxy) is 1. The summed E-state index contributed by atoms with van der Waals surface area (Å²) in [7, 11) is 0. The van der Waals surface area contributed by atoms with Gasteiger partial charge in [0.25, 0.3) is 0 Å². The minimum absolute atomic E-state index is 0.820. The lowest BCUT2D eigenvalue weighted by molar-refractivity contribution is 0.230. The van der Waals surface area contributed by atoms with Gasteiger partial charge in [-0.05, 0) is 61.8 Å². The first-order valence-electron chi connectivity index (χ1n) is 13.3. The van der Waals surface area contributed by atoms with Crippen molar-refractivity contribution in [1.29, 1.82) is 0 Å². The Hall–Kier alpha value is -1.90. The molecule has 176 valence electrons. The normalized spacial score (nSPS) is 18.6. The molecule has 3 nitrogen and oxygen atoms in total. The van der Waals surface area contributed by atoms with E-state index in [4.69, 9.17) is 4.74 Å². The molecule has 1 aromatic heterocycles. The van der Waals surface area contributed by atoms with E-state index in [-0.39, 0.29) is 0 Å². The van der Waals surface area contributed by atoms with Gasteiger partial charge in [0.1, 0.15) is 5.75 Å². The van der Waals surface area contributed by atoms with Gasteiger partial charge in [0.15, 0.2) is 0 Å². The standard InChI is InChI=1S/C29H44N2O/c1-3-5-6-7-8-12-27-22-31-29(23-30-27)26-17-19-28(20-18-26)32-21-9-11-25-15-13-24(10-4-2)14-16-25/h17-20,22-25H,3-16,21H2,1-2H3/t24-,25-. The molecule has 0 bridgehead atoms. The van der Waals surface area contributed by atoms with Gasteiger partial charge in [0, 0.05) is 11.8 Å². The van der Waals surface area contributed by atoms with Gasteiger partial charge in [-0.25, -0.2) is 0 Å². The van der Waals surface area contributed by atoms with Crippen LogP contribution in [0.1, 0.15) is 103 Å². The molecule has 0 saturated heterocycles. The Morgan fingerprint density at radius 1 is 0.750 bits per heavy atom. The number of unbranched alkanes of at least 4 members (excludes halogenated alkanes) is 4. The van der Waals surface area contributed by atoms with E-state index in [2.05, 4.69) is 48.1 Å². The van der Waals surface area contributed by atoms with Gasteiger partial charge in [-0.3, -0.25) is 9.97 Å². The highest BCUT2D eigenvalue weighted by Gasteiger charge is 2.20. The van der Waals surface area contributed by atoms with Crippen molar-refractivity contribution < 1.29 is 4.74 Å². The zero-order valence-electron chi connectivity index (χ0n) is 20.5. The van der Waals surface area contributed by atoms with E-state index in [1.807, 2.05) is 12.4 Å². The number of aryl methyl sites for hydroxylation is 1. The quantitative estimate of drug-likeness (QED) is 0.279. The van der Waals surface area contributed by atoms with Crippen molar-refractivity contribution in [2.24, 2.45) is 11.8 Å². The summed E-state index contributed by atoms with van der Waals surface area (Å²) in [5.41, 5.74) is 3.14. The van der Waals surface area contributed by atoms with E-state index in [1.54, 1.807) is 0 Å². The van der Waals surface area contributed by atoms with E-state index in [9.17, 15) is 0 Å². The van der Waals surface area contributed by atoms with Gasteiger partial charge in [-0.2, -0.15) is 0 Å². The van der Waals surface area contributed by atoms with E-state index < -0.39 is 0 Å². The lowest BCUT2D eigenvalue weighted by Crippen LogP contribution is -2.15. The molecular weight excluding hydrogens is 392 g/mol. The Morgan fingerprint density at radius 2 is 1.47 bits per heavy atom. The largest absolute Gasteiger partial charge is 0.494 e. The number of nitrogens with zero attached hydrogens (tertiary/aromatic N) is 2. The van der Waals surface area contributed by atoms with Crippen molar-refractivity contribution in [2.45, 2.75) is 104 Å². The van der Waals surface area contributed by atoms with Crippen LogP contribution in [-0.2, 0) is 6.42 Å². The summed E-state index contributed by atoms with van der Waals surface area (Å²) in [5, 5.41) is 0. The molecule has 0 spiro atoms. The minimum Gasteiger partial charge on any atom is -0.494 e. The third-order valence-corrected chi connectivity index (χ3v) is 7.08. The van der Waals surface area contributed by atoms with Crippen molar-refractivity contribution >= 4 is 0 Å². The second-order valence-electron chi connectivity index (χ2n) is 9.75. The van der Waals surface area contributed by atoms with Crippen LogP contribution < -0.4 is 4.74 Å². The molecule has 0 atom stereocenters. The number of aromatic nitrogens is 2. The Bertz CT molecular complexity index is 733. The van der Waals surface area contributed by atoms with E-state index in [1.165, 1.54) is 77.0 Å². The van der Waals surface area contributed by atoms with Crippen LogP contribution in [0, 0.1) is 11.8 Å². The molecule has 1 fully saturated rings. The maximum atomic E-state index is 6.00. The molecule has 1 aliphatic carbocycles. The average molecular weight is 437 g/mol. The fourth-order valence-electron chi connectivity index (χ4n) is 5.04. The number of rotatable bonds is 14. The topological polar surface area (TPSA) is 35.0 Å². The number of benzene rings is 1. The molecule has 1 saturated carbocycles. The van der Waals surface area contributed by atoms with Gasteiger partial charge < -0.3 is 4.74 Å². The van der Waals surface area contributed by atoms with E-state index in [0.29, 0.717) is 0 Å². The Morgan fingerprint density at radius 3 is 2.12 bits per heavy atom. The summed E-state index contributed by atoms with van der Waals surface area (Å²) in [5.74, 6) is 2.88. The van der Waals surface area contributed by atoms with Crippen molar-refractivity contribution in [1.82, 2.24) is 9.97 Å². The molecule has 32 heavy (non-hydrogen) atoms. The molecule has 1 heterocycles. The van der Waals surface area contributed by atoms with Crippen molar-refractivity contribution in [3.63, 3.8) is 0 Å². The van der Waals surface area contributed by atoms with Crippen molar-refractivity contribution in [2.75, 3.05) is 6.61 Å². The maximum Gasteiger partial charge on any atom is 0.119 e. The first-order valence-corrected chi connectivity index (χ1v) is 13.3. The van der Waals surface area contributed by atoms with Crippen LogP contribution in [0.4, 0.5) is 0 Å². The maximum absolute atomic E-state index is 6.00. The lowest BCUT2D eigenvalue weighted by Gasteiger charge is -2.28. The summed E-state index contributed by atoms with van der Waals surface area (Å²) >= 11 is 0. The molecule has 3 heteroatoms. The second kappa shape index (κ2) is 14.3. The minimum atomic E-state index is 0.820. The van der Waals surface area contributed by atoms with Gasteiger partial charge in [0.2, 0.25) is 0 Å². The van der Waals surface area contributed by atoms with Crippen molar-refractivity contribution in [3.05, 3.63) is 42.4 Å². The summed E-state index contributed by atoms with van der Waals surface area (Å²) in [4.78, 5) is 9.26. The van der Waals surface area contributed by atoms with Gasteiger partial charge in [-0.15, -0.1) is 0 Å².